The molecule has 0 saturated carbocycles. The van der Waals surface area contributed by atoms with Crippen molar-refractivity contribution >= 4 is 11.8 Å². The van der Waals surface area contributed by atoms with E-state index in [1.165, 1.54) is 0 Å². The minimum Gasteiger partial charge on any atom is -0.335 e. The van der Waals surface area contributed by atoms with Gasteiger partial charge < -0.3 is 5.32 Å². The number of aromatic nitrogens is 2. The number of likely N-dealkylation sites (tertiary alicyclic amines) is 1. The molecule has 0 radical (unpaired) electrons. The van der Waals surface area contributed by atoms with Gasteiger partial charge in [0, 0.05) is 25.7 Å². The van der Waals surface area contributed by atoms with E-state index in [0.29, 0.717) is 0 Å². The predicted octanol–water partition coefficient (Wildman–Crippen LogP) is 2.66. The third-order valence-corrected chi connectivity index (χ3v) is 3.61. The van der Waals surface area contributed by atoms with Gasteiger partial charge in [-0.25, -0.2) is 4.79 Å². The molecule has 0 aromatic carbocycles. The number of halogens is 3. The summed E-state index contributed by atoms with van der Waals surface area (Å²) in [6, 6.07) is 1.38. The SMILES string of the molecule is C=C(C)CN1CCC(NC(=O)Nc2ccc(C(F)(F)F)nn2)CC1. The first-order chi connectivity index (χ1) is 11.2. The average Bonchev–Trinajstić information content (AvgIpc) is 2.48. The van der Waals surface area contributed by atoms with Crippen molar-refractivity contribution in [3.63, 3.8) is 0 Å². The first-order valence-corrected chi connectivity index (χ1v) is 7.59. The average molecular weight is 343 g/mol. The van der Waals surface area contributed by atoms with Crippen molar-refractivity contribution in [3.05, 3.63) is 30.0 Å². The topological polar surface area (TPSA) is 70.2 Å². The molecule has 1 aromatic heterocycles. The Hall–Kier alpha value is -2.16. The second-order valence-corrected chi connectivity index (χ2v) is 5.91. The van der Waals surface area contributed by atoms with Crippen molar-refractivity contribution < 1.29 is 18.0 Å². The molecule has 9 heteroatoms. The van der Waals surface area contributed by atoms with E-state index >= 15 is 0 Å². The molecule has 2 heterocycles. The molecule has 1 fully saturated rings. The molecule has 2 N–H and O–H groups in total. The van der Waals surface area contributed by atoms with E-state index in [-0.39, 0.29) is 11.9 Å². The molecule has 24 heavy (non-hydrogen) atoms. The highest BCUT2D eigenvalue weighted by Gasteiger charge is 2.33. The second-order valence-electron chi connectivity index (χ2n) is 5.91. The van der Waals surface area contributed by atoms with Crippen LogP contribution in [0.3, 0.4) is 0 Å². The maximum atomic E-state index is 12.4. The third-order valence-electron chi connectivity index (χ3n) is 3.61. The molecule has 0 spiro atoms. The van der Waals surface area contributed by atoms with E-state index in [1.807, 2.05) is 6.92 Å². The summed E-state index contributed by atoms with van der Waals surface area (Å²) in [5.74, 6) is -0.0276. The van der Waals surface area contributed by atoms with Gasteiger partial charge in [0.25, 0.3) is 0 Å². The lowest BCUT2D eigenvalue weighted by Gasteiger charge is -2.32. The Morgan fingerprint density at radius 1 is 1.33 bits per heavy atom. The van der Waals surface area contributed by atoms with Crippen LogP contribution in [-0.2, 0) is 6.18 Å². The number of carbonyl (C=O) groups is 1. The van der Waals surface area contributed by atoms with E-state index in [9.17, 15) is 18.0 Å². The highest BCUT2D eigenvalue weighted by Crippen LogP contribution is 2.27. The molecular weight excluding hydrogens is 323 g/mol. The number of carbonyl (C=O) groups excluding carboxylic acids is 1. The zero-order valence-corrected chi connectivity index (χ0v) is 13.4. The molecule has 132 valence electrons. The normalized spacial score (nSPS) is 16.7. The monoisotopic (exact) mass is 343 g/mol. The quantitative estimate of drug-likeness (QED) is 0.825. The van der Waals surface area contributed by atoms with Crippen LogP contribution < -0.4 is 10.6 Å². The van der Waals surface area contributed by atoms with Gasteiger partial charge in [-0.1, -0.05) is 12.2 Å². The highest BCUT2D eigenvalue weighted by atomic mass is 19.4. The molecule has 6 nitrogen and oxygen atoms in total. The lowest BCUT2D eigenvalue weighted by molar-refractivity contribution is -0.141. The van der Waals surface area contributed by atoms with Crippen LogP contribution in [-0.4, -0.2) is 46.8 Å². The summed E-state index contributed by atoms with van der Waals surface area (Å²) in [4.78, 5) is 14.1. The van der Waals surface area contributed by atoms with Gasteiger partial charge in [0.2, 0.25) is 0 Å². The van der Waals surface area contributed by atoms with Crippen LogP contribution in [0, 0.1) is 0 Å². The van der Waals surface area contributed by atoms with Gasteiger partial charge in [-0.3, -0.25) is 10.2 Å². The van der Waals surface area contributed by atoms with E-state index in [2.05, 4.69) is 32.3 Å². The van der Waals surface area contributed by atoms with Gasteiger partial charge >= 0.3 is 12.2 Å². The third kappa shape index (κ3) is 5.48. The molecule has 0 bridgehead atoms. The number of hydrogen-bond acceptors (Lipinski definition) is 4. The summed E-state index contributed by atoms with van der Waals surface area (Å²) < 4.78 is 37.2. The maximum Gasteiger partial charge on any atom is 0.435 e. The van der Waals surface area contributed by atoms with Crippen LogP contribution in [0.4, 0.5) is 23.8 Å². The lowest BCUT2D eigenvalue weighted by Crippen LogP contribution is -2.46. The van der Waals surface area contributed by atoms with Crippen molar-refractivity contribution in [2.75, 3.05) is 25.0 Å². The number of piperidine rings is 1. The molecule has 1 aliphatic rings. The van der Waals surface area contributed by atoms with Gasteiger partial charge in [-0.05, 0) is 31.9 Å². The Balaban J connectivity index is 1.79. The fourth-order valence-electron chi connectivity index (χ4n) is 2.51. The Morgan fingerprint density at radius 2 is 2.00 bits per heavy atom. The van der Waals surface area contributed by atoms with E-state index in [0.717, 1.165) is 50.2 Å². The fourth-order valence-corrected chi connectivity index (χ4v) is 2.51. The van der Waals surface area contributed by atoms with Crippen molar-refractivity contribution in [2.24, 2.45) is 0 Å². The maximum absolute atomic E-state index is 12.4. The van der Waals surface area contributed by atoms with Crippen molar-refractivity contribution in [1.29, 1.82) is 0 Å². The standard InChI is InChI=1S/C15H20F3N5O/c1-10(2)9-23-7-5-11(6-8-23)19-14(24)20-13-4-3-12(21-22-13)15(16,17)18/h3-4,11H,1,5-9H2,2H3,(H2,19,20,22,24). The number of anilines is 1. The van der Waals surface area contributed by atoms with Gasteiger partial charge in [0.15, 0.2) is 11.5 Å². The van der Waals surface area contributed by atoms with E-state index < -0.39 is 17.9 Å². The predicted molar refractivity (Wildman–Crippen MR) is 83.5 cm³/mol. The minimum atomic E-state index is -4.55. The summed E-state index contributed by atoms with van der Waals surface area (Å²) >= 11 is 0. The molecule has 1 saturated heterocycles. The second kappa shape index (κ2) is 7.61. The van der Waals surface area contributed by atoms with Crippen LogP contribution in [0.15, 0.2) is 24.3 Å². The summed E-state index contributed by atoms with van der Waals surface area (Å²) in [7, 11) is 0. The fraction of sp³-hybridized carbons (Fsp3) is 0.533. The smallest absolute Gasteiger partial charge is 0.335 e. The highest BCUT2D eigenvalue weighted by molar-refractivity contribution is 5.88. The zero-order chi connectivity index (χ0) is 17.7. The molecule has 0 aliphatic carbocycles. The molecule has 0 atom stereocenters. The molecule has 1 aliphatic heterocycles. The van der Waals surface area contributed by atoms with Gasteiger partial charge in [0.05, 0.1) is 0 Å². The van der Waals surface area contributed by atoms with Crippen LogP contribution in [0.25, 0.3) is 0 Å². The number of rotatable bonds is 4. The molecular formula is C15H20F3N5O. The zero-order valence-electron chi connectivity index (χ0n) is 13.4. The largest absolute Gasteiger partial charge is 0.435 e. The molecule has 1 aromatic rings. The summed E-state index contributed by atoms with van der Waals surface area (Å²) in [6.07, 6.45) is -2.94. The Kier molecular flexibility index (Phi) is 5.76. The van der Waals surface area contributed by atoms with Crippen molar-refractivity contribution in [1.82, 2.24) is 20.4 Å². The summed E-state index contributed by atoms with van der Waals surface area (Å²) in [5.41, 5.74) is -0.00151. The number of nitrogens with one attached hydrogen (secondary N) is 2. The van der Waals surface area contributed by atoms with Gasteiger partial charge in [0.1, 0.15) is 0 Å². The summed E-state index contributed by atoms with van der Waals surface area (Å²) in [6.45, 7) is 8.42. The van der Waals surface area contributed by atoms with E-state index in [1.54, 1.807) is 0 Å². The number of urea groups is 1. The first-order valence-electron chi connectivity index (χ1n) is 7.59. The van der Waals surface area contributed by atoms with Crippen molar-refractivity contribution in [3.8, 4) is 0 Å². The van der Waals surface area contributed by atoms with Gasteiger partial charge in [-0.2, -0.15) is 13.2 Å². The number of amides is 2. The van der Waals surface area contributed by atoms with Crippen LogP contribution in [0.2, 0.25) is 0 Å². The number of hydrogen-bond donors (Lipinski definition) is 2. The van der Waals surface area contributed by atoms with E-state index in [4.69, 9.17) is 0 Å². The van der Waals surface area contributed by atoms with Crippen LogP contribution in [0.5, 0.6) is 0 Å². The number of alkyl halides is 3. The molecule has 2 amide bonds. The number of nitrogens with zero attached hydrogens (tertiary/aromatic N) is 3. The molecule has 0 unspecified atom stereocenters. The lowest BCUT2D eigenvalue weighted by atomic mass is 10.0. The molecule has 2 rings (SSSR count). The first kappa shape index (κ1) is 18.2. The van der Waals surface area contributed by atoms with Crippen LogP contribution in [0.1, 0.15) is 25.5 Å². The van der Waals surface area contributed by atoms with Crippen LogP contribution >= 0.6 is 0 Å². The minimum absolute atomic E-state index is 0.0220. The summed E-state index contributed by atoms with van der Waals surface area (Å²) in [5, 5.41) is 11.6. The Labute approximate surface area is 138 Å². The van der Waals surface area contributed by atoms with Gasteiger partial charge in [-0.15, -0.1) is 10.2 Å². The van der Waals surface area contributed by atoms with Crippen molar-refractivity contribution in [2.45, 2.75) is 32.0 Å². The Morgan fingerprint density at radius 3 is 2.50 bits per heavy atom. The Bertz CT molecular complexity index is 580.